The van der Waals surface area contributed by atoms with E-state index in [0.717, 1.165) is 29.2 Å². The number of aliphatic hydroxyl groups excluding tert-OH is 1. The van der Waals surface area contributed by atoms with Crippen molar-refractivity contribution in [1.82, 2.24) is 5.32 Å². The third-order valence-electron chi connectivity index (χ3n) is 3.66. The Labute approximate surface area is 129 Å². The van der Waals surface area contributed by atoms with Crippen LogP contribution >= 0.6 is 23.4 Å². The Balaban J connectivity index is 1.72. The van der Waals surface area contributed by atoms with Crippen molar-refractivity contribution in [1.29, 1.82) is 0 Å². The average molecular weight is 314 g/mol. The van der Waals surface area contributed by atoms with Gasteiger partial charge in [-0.1, -0.05) is 30.2 Å². The van der Waals surface area contributed by atoms with Crippen LogP contribution in [0.5, 0.6) is 0 Å². The first-order chi connectivity index (χ1) is 9.70. The number of halogens is 1. The Kier molecular flexibility index (Phi) is 6.20. The number of hydrogen-bond acceptors (Lipinski definition) is 3. The molecule has 5 heteroatoms. The molecule has 1 aliphatic rings. The average Bonchev–Trinajstić information content (AvgIpc) is 2.88. The highest BCUT2D eigenvalue weighted by molar-refractivity contribution is 7.99. The minimum atomic E-state index is 0.0647. The van der Waals surface area contributed by atoms with Gasteiger partial charge in [0.25, 0.3) is 0 Å². The fraction of sp³-hybridized carbons (Fsp3) is 0.533. The van der Waals surface area contributed by atoms with Gasteiger partial charge in [-0.2, -0.15) is 0 Å². The number of benzene rings is 1. The minimum absolute atomic E-state index is 0.0647. The molecule has 0 spiro atoms. The lowest BCUT2D eigenvalue weighted by atomic mass is 10.1. The summed E-state index contributed by atoms with van der Waals surface area (Å²) >= 11 is 7.66. The van der Waals surface area contributed by atoms with Crippen molar-refractivity contribution in [2.24, 2.45) is 5.92 Å². The predicted octanol–water partition coefficient (Wildman–Crippen LogP) is 3.10. The van der Waals surface area contributed by atoms with Crippen molar-refractivity contribution in [3.8, 4) is 0 Å². The highest BCUT2D eigenvalue weighted by Gasteiger charge is 2.27. The van der Waals surface area contributed by atoms with Crippen LogP contribution in [0.15, 0.2) is 29.2 Å². The summed E-state index contributed by atoms with van der Waals surface area (Å²) in [5, 5.41) is 13.0. The number of rotatable bonds is 6. The van der Waals surface area contributed by atoms with E-state index >= 15 is 0 Å². The minimum Gasteiger partial charge on any atom is -0.396 e. The predicted molar refractivity (Wildman–Crippen MR) is 83.2 cm³/mol. The first-order valence-electron chi connectivity index (χ1n) is 6.98. The molecule has 1 fully saturated rings. The quantitative estimate of drug-likeness (QED) is 0.793. The highest BCUT2D eigenvalue weighted by atomic mass is 35.5. The highest BCUT2D eigenvalue weighted by Crippen LogP contribution is 2.27. The van der Waals surface area contributed by atoms with Crippen molar-refractivity contribution < 1.29 is 9.90 Å². The molecule has 0 bridgehead atoms. The summed E-state index contributed by atoms with van der Waals surface area (Å²) in [5.41, 5.74) is 0. The van der Waals surface area contributed by atoms with E-state index in [1.165, 1.54) is 0 Å². The first kappa shape index (κ1) is 15.7. The van der Waals surface area contributed by atoms with Crippen LogP contribution in [0.25, 0.3) is 0 Å². The number of amides is 1. The zero-order chi connectivity index (χ0) is 14.4. The molecule has 1 aliphatic carbocycles. The van der Waals surface area contributed by atoms with Gasteiger partial charge in [-0.3, -0.25) is 4.79 Å². The SMILES string of the molecule is O=C(CCSc1ccccc1Cl)NC1CCCC1CO. The van der Waals surface area contributed by atoms with Gasteiger partial charge in [-0.15, -0.1) is 11.8 Å². The molecular formula is C15H20ClNO2S. The second kappa shape index (κ2) is 7.91. The molecule has 0 aromatic heterocycles. The van der Waals surface area contributed by atoms with Crippen molar-refractivity contribution in [2.75, 3.05) is 12.4 Å². The Hall–Kier alpha value is -0.710. The van der Waals surface area contributed by atoms with E-state index in [4.69, 9.17) is 11.6 Å². The number of thioether (sulfide) groups is 1. The van der Waals surface area contributed by atoms with E-state index in [2.05, 4.69) is 5.32 Å². The maximum absolute atomic E-state index is 11.9. The topological polar surface area (TPSA) is 49.3 Å². The van der Waals surface area contributed by atoms with Crippen LogP contribution < -0.4 is 5.32 Å². The fourth-order valence-electron chi connectivity index (χ4n) is 2.54. The van der Waals surface area contributed by atoms with Gasteiger partial charge in [0.1, 0.15) is 0 Å². The smallest absolute Gasteiger partial charge is 0.221 e. The lowest BCUT2D eigenvalue weighted by Crippen LogP contribution is -2.38. The molecule has 1 aromatic carbocycles. The van der Waals surface area contributed by atoms with Crippen molar-refractivity contribution in [2.45, 2.75) is 36.6 Å². The maximum Gasteiger partial charge on any atom is 0.221 e. The fourth-order valence-corrected chi connectivity index (χ4v) is 3.73. The molecule has 1 aromatic rings. The number of carbonyl (C=O) groups excluding carboxylic acids is 1. The summed E-state index contributed by atoms with van der Waals surface area (Å²) in [7, 11) is 0. The van der Waals surface area contributed by atoms with Crippen LogP contribution in [0.2, 0.25) is 5.02 Å². The van der Waals surface area contributed by atoms with Gasteiger partial charge in [-0.25, -0.2) is 0 Å². The van der Waals surface area contributed by atoms with Gasteiger partial charge >= 0.3 is 0 Å². The molecule has 1 amide bonds. The monoisotopic (exact) mass is 313 g/mol. The number of nitrogens with one attached hydrogen (secondary N) is 1. The maximum atomic E-state index is 11.9. The van der Waals surface area contributed by atoms with Crippen LogP contribution in [0.1, 0.15) is 25.7 Å². The molecule has 1 saturated carbocycles. The lowest BCUT2D eigenvalue weighted by molar-refractivity contribution is -0.121. The molecule has 0 saturated heterocycles. The second-order valence-corrected chi connectivity index (χ2v) is 6.62. The molecular weight excluding hydrogens is 294 g/mol. The summed E-state index contributed by atoms with van der Waals surface area (Å²) in [6, 6.07) is 7.81. The molecule has 0 aliphatic heterocycles. The van der Waals surface area contributed by atoms with Gasteiger partial charge in [0, 0.05) is 35.6 Å². The standard InChI is InChI=1S/C15H20ClNO2S/c16-12-5-1-2-7-14(12)20-9-8-15(19)17-13-6-3-4-11(13)10-18/h1-2,5,7,11,13,18H,3-4,6,8-10H2,(H,17,19). The summed E-state index contributed by atoms with van der Waals surface area (Å²) in [6.07, 6.45) is 3.56. The van der Waals surface area contributed by atoms with E-state index in [-0.39, 0.29) is 24.5 Å². The van der Waals surface area contributed by atoms with Gasteiger partial charge in [0.2, 0.25) is 5.91 Å². The molecule has 3 nitrogen and oxygen atoms in total. The third-order valence-corrected chi connectivity index (χ3v) is 5.18. The lowest BCUT2D eigenvalue weighted by Gasteiger charge is -2.18. The van der Waals surface area contributed by atoms with Crippen molar-refractivity contribution in [3.05, 3.63) is 29.3 Å². The van der Waals surface area contributed by atoms with Crippen molar-refractivity contribution in [3.63, 3.8) is 0 Å². The first-order valence-corrected chi connectivity index (χ1v) is 8.34. The molecule has 2 atom stereocenters. The molecule has 2 rings (SSSR count). The molecule has 110 valence electrons. The molecule has 20 heavy (non-hydrogen) atoms. The largest absolute Gasteiger partial charge is 0.396 e. The van der Waals surface area contributed by atoms with Crippen LogP contribution in [0, 0.1) is 5.92 Å². The van der Waals surface area contributed by atoms with Crippen LogP contribution in [0.4, 0.5) is 0 Å². The zero-order valence-electron chi connectivity index (χ0n) is 11.3. The zero-order valence-corrected chi connectivity index (χ0v) is 12.9. The second-order valence-electron chi connectivity index (χ2n) is 5.08. The van der Waals surface area contributed by atoms with Crippen LogP contribution in [-0.2, 0) is 4.79 Å². The van der Waals surface area contributed by atoms with Gasteiger partial charge in [-0.05, 0) is 25.0 Å². The summed E-state index contributed by atoms with van der Waals surface area (Å²) in [4.78, 5) is 12.9. The molecule has 0 radical (unpaired) electrons. The van der Waals surface area contributed by atoms with Gasteiger partial charge < -0.3 is 10.4 Å². The Morgan fingerprint density at radius 2 is 2.20 bits per heavy atom. The Morgan fingerprint density at radius 1 is 1.40 bits per heavy atom. The van der Waals surface area contributed by atoms with E-state index in [1.54, 1.807) is 11.8 Å². The molecule has 0 heterocycles. The van der Waals surface area contributed by atoms with E-state index in [1.807, 2.05) is 24.3 Å². The Morgan fingerprint density at radius 3 is 2.95 bits per heavy atom. The number of hydrogen-bond donors (Lipinski definition) is 2. The van der Waals surface area contributed by atoms with Crippen LogP contribution in [-0.4, -0.2) is 29.4 Å². The number of aliphatic hydroxyl groups is 1. The summed E-state index contributed by atoms with van der Waals surface area (Å²) < 4.78 is 0. The summed E-state index contributed by atoms with van der Waals surface area (Å²) in [5.74, 6) is 1.01. The van der Waals surface area contributed by atoms with Gasteiger partial charge in [0.05, 0.1) is 5.02 Å². The van der Waals surface area contributed by atoms with Gasteiger partial charge in [0.15, 0.2) is 0 Å². The summed E-state index contributed by atoms with van der Waals surface area (Å²) in [6.45, 7) is 0.166. The third kappa shape index (κ3) is 4.40. The molecule has 2 N–H and O–H groups in total. The van der Waals surface area contributed by atoms with E-state index in [9.17, 15) is 9.90 Å². The van der Waals surface area contributed by atoms with Crippen molar-refractivity contribution >= 4 is 29.3 Å². The normalized spacial score (nSPS) is 21.9. The number of carbonyl (C=O) groups is 1. The van der Waals surface area contributed by atoms with Crippen LogP contribution in [0.3, 0.4) is 0 Å². The molecule has 2 unspecified atom stereocenters. The van der Waals surface area contributed by atoms with E-state index < -0.39 is 0 Å². The van der Waals surface area contributed by atoms with E-state index in [0.29, 0.717) is 12.2 Å². The Bertz CT molecular complexity index is 455.